The van der Waals surface area contributed by atoms with Gasteiger partial charge < -0.3 is 15.3 Å². The highest BCUT2D eigenvalue weighted by Crippen LogP contribution is 2.33. The molecule has 0 amide bonds. The molecule has 0 saturated heterocycles. The minimum absolute atomic E-state index is 0.0315. The summed E-state index contributed by atoms with van der Waals surface area (Å²) in [7, 11) is 0. The van der Waals surface area contributed by atoms with Gasteiger partial charge in [0.15, 0.2) is 0 Å². The predicted molar refractivity (Wildman–Crippen MR) is 85.1 cm³/mol. The normalized spacial score (nSPS) is 19.9. The molecule has 4 nitrogen and oxygen atoms in total. The first-order valence-corrected chi connectivity index (χ1v) is 8.35. The molecule has 1 aliphatic carbocycles. The highest BCUT2D eigenvalue weighted by molar-refractivity contribution is 5.13. The van der Waals surface area contributed by atoms with Crippen molar-refractivity contribution in [1.82, 2.24) is 4.90 Å². The van der Waals surface area contributed by atoms with Crippen molar-refractivity contribution in [3.8, 4) is 0 Å². The molecule has 1 aliphatic rings. The van der Waals surface area contributed by atoms with Gasteiger partial charge in [0, 0.05) is 18.6 Å². The van der Waals surface area contributed by atoms with Crippen LogP contribution in [0.2, 0.25) is 0 Å². The molecule has 0 aromatic carbocycles. The quantitative estimate of drug-likeness (QED) is 0.811. The molecule has 1 aromatic rings. The van der Waals surface area contributed by atoms with E-state index in [0.29, 0.717) is 12.6 Å². The SMILES string of the molecule is CCC(N)C(c1ccc(C)o1)N(CCO)C1CCCCC1. The van der Waals surface area contributed by atoms with Crippen molar-refractivity contribution in [2.45, 2.75) is 70.5 Å². The Labute approximate surface area is 128 Å². The molecule has 2 rings (SSSR count). The molecule has 1 heterocycles. The van der Waals surface area contributed by atoms with Crippen LogP contribution in [-0.2, 0) is 0 Å². The number of nitrogens with two attached hydrogens (primary N) is 1. The number of rotatable bonds is 7. The predicted octanol–water partition coefficient (Wildman–Crippen LogP) is 2.99. The van der Waals surface area contributed by atoms with E-state index in [0.717, 1.165) is 17.9 Å². The van der Waals surface area contributed by atoms with Crippen LogP contribution in [0.15, 0.2) is 16.5 Å². The summed E-state index contributed by atoms with van der Waals surface area (Å²) >= 11 is 0. The summed E-state index contributed by atoms with van der Waals surface area (Å²) in [5.74, 6) is 1.87. The van der Waals surface area contributed by atoms with Crippen LogP contribution in [0.4, 0.5) is 0 Å². The average molecular weight is 294 g/mol. The molecule has 21 heavy (non-hydrogen) atoms. The van der Waals surface area contributed by atoms with E-state index in [-0.39, 0.29) is 18.7 Å². The number of aliphatic hydroxyl groups is 1. The smallest absolute Gasteiger partial charge is 0.122 e. The van der Waals surface area contributed by atoms with Crippen LogP contribution in [0, 0.1) is 6.92 Å². The summed E-state index contributed by atoms with van der Waals surface area (Å²) in [4.78, 5) is 2.39. The lowest BCUT2D eigenvalue weighted by Crippen LogP contribution is -2.47. The molecule has 2 unspecified atom stereocenters. The van der Waals surface area contributed by atoms with Gasteiger partial charge in [-0.2, -0.15) is 0 Å². The summed E-state index contributed by atoms with van der Waals surface area (Å²) in [5.41, 5.74) is 6.41. The van der Waals surface area contributed by atoms with Gasteiger partial charge in [0.2, 0.25) is 0 Å². The van der Waals surface area contributed by atoms with Crippen LogP contribution in [-0.4, -0.2) is 35.2 Å². The highest BCUT2D eigenvalue weighted by Gasteiger charge is 2.33. The third kappa shape index (κ3) is 4.09. The van der Waals surface area contributed by atoms with E-state index in [1.807, 2.05) is 19.1 Å². The van der Waals surface area contributed by atoms with Gasteiger partial charge >= 0.3 is 0 Å². The number of hydrogen-bond acceptors (Lipinski definition) is 4. The molecule has 0 spiro atoms. The Morgan fingerprint density at radius 2 is 2.05 bits per heavy atom. The molecule has 0 bridgehead atoms. The maximum Gasteiger partial charge on any atom is 0.122 e. The molecule has 0 radical (unpaired) electrons. The zero-order chi connectivity index (χ0) is 15.2. The van der Waals surface area contributed by atoms with E-state index in [9.17, 15) is 5.11 Å². The van der Waals surface area contributed by atoms with E-state index in [1.165, 1.54) is 32.1 Å². The topological polar surface area (TPSA) is 62.6 Å². The number of aliphatic hydroxyl groups excluding tert-OH is 1. The van der Waals surface area contributed by atoms with E-state index in [1.54, 1.807) is 0 Å². The first kappa shape index (κ1) is 16.5. The maximum absolute atomic E-state index is 9.51. The molecular formula is C17H30N2O2. The lowest BCUT2D eigenvalue weighted by Gasteiger charge is -2.41. The minimum Gasteiger partial charge on any atom is -0.465 e. The average Bonchev–Trinajstić information content (AvgIpc) is 2.93. The van der Waals surface area contributed by atoms with Crippen LogP contribution >= 0.6 is 0 Å². The lowest BCUT2D eigenvalue weighted by atomic mass is 9.91. The third-order valence-corrected chi connectivity index (χ3v) is 4.69. The Balaban J connectivity index is 2.25. The minimum atomic E-state index is 0.0315. The largest absolute Gasteiger partial charge is 0.465 e. The fourth-order valence-corrected chi connectivity index (χ4v) is 3.53. The van der Waals surface area contributed by atoms with E-state index in [2.05, 4.69) is 11.8 Å². The first-order valence-electron chi connectivity index (χ1n) is 8.35. The van der Waals surface area contributed by atoms with Gasteiger partial charge in [0.05, 0.1) is 12.6 Å². The molecule has 1 fully saturated rings. The molecular weight excluding hydrogens is 264 g/mol. The van der Waals surface area contributed by atoms with Gasteiger partial charge in [-0.05, 0) is 38.3 Å². The molecule has 1 aromatic heterocycles. The van der Waals surface area contributed by atoms with Gasteiger partial charge in [-0.3, -0.25) is 4.90 Å². The van der Waals surface area contributed by atoms with Crippen LogP contribution < -0.4 is 5.73 Å². The van der Waals surface area contributed by atoms with E-state index < -0.39 is 0 Å². The molecule has 0 aliphatic heterocycles. The second kappa shape index (κ2) is 7.97. The fourth-order valence-electron chi connectivity index (χ4n) is 3.53. The summed E-state index contributed by atoms with van der Waals surface area (Å²) in [5, 5.41) is 9.51. The van der Waals surface area contributed by atoms with Crippen LogP contribution in [0.25, 0.3) is 0 Å². The van der Waals surface area contributed by atoms with Crippen LogP contribution in [0.1, 0.15) is 63.0 Å². The van der Waals surface area contributed by atoms with Crippen molar-refractivity contribution >= 4 is 0 Å². The Bertz CT molecular complexity index is 413. The number of aryl methyl sites for hydroxylation is 1. The Morgan fingerprint density at radius 1 is 1.33 bits per heavy atom. The van der Waals surface area contributed by atoms with E-state index in [4.69, 9.17) is 10.2 Å². The lowest BCUT2D eigenvalue weighted by molar-refractivity contribution is 0.0558. The number of furan rings is 1. The van der Waals surface area contributed by atoms with Gasteiger partial charge in [-0.15, -0.1) is 0 Å². The van der Waals surface area contributed by atoms with E-state index >= 15 is 0 Å². The zero-order valence-corrected chi connectivity index (χ0v) is 13.4. The summed E-state index contributed by atoms with van der Waals surface area (Å²) in [6, 6.07) is 4.66. The Hall–Kier alpha value is -0.840. The van der Waals surface area contributed by atoms with Crippen molar-refractivity contribution in [3.63, 3.8) is 0 Å². The molecule has 3 N–H and O–H groups in total. The number of hydrogen-bond donors (Lipinski definition) is 2. The van der Waals surface area contributed by atoms with Crippen molar-refractivity contribution < 1.29 is 9.52 Å². The molecule has 120 valence electrons. The number of nitrogens with zero attached hydrogens (tertiary/aromatic N) is 1. The van der Waals surface area contributed by atoms with Gasteiger partial charge in [-0.25, -0.2) is 0 Å². The van der Waals surface area contributed by atoms with Crippen molar-refractivity contribution in [3.05, 3.63) is 23.7 Å². The van der Waals surface area contributed by atoms with Gasteiger partial charge in [0.1, 0.15) is 11.5 Å². The van der Waals surface area contributed by atoms with Crippen LogP contribution in [0.3, 0.4) is 0 Å². The second-order valence-corrected chi connectivity index (χ2v) is 6.22. The van der Waals surface area contributed by atoms with Crippen molar-refractivity contribution in [1.29, 1.82) is 0 Å². The zero-order valence-electron chi connectivity index (χ0n) is 13.4. The molecule has 4 heteroatoms. The summed E-state index contributed by atoms with van der Waals surface area (Å²) in [6.45, 7) is 4.92. The highest BCUT2D eigenvalue weighted by atomic mass is 16.3. The monoisotopic (exact) mass is 294 g/mol. The standard InChI is InChI=1S/C17H30N2O2/c1-3-15(18)17(16-10-9-13(2)21-16)19(11-12-20)14-7-5-4-6-8-14/h9-10,14-15,17,20H,3-8,11-12,18H2,1-2H3. The van der Waals surface area contributed by atoms with Crippen LogP contribution in [0.5, 0.6) is 0 Å². The first-order chi connectivity index (χ1) is 10.2. The Kier molecular flexibility index (Phi) is 6.27. The Morgan fingerprint density at radius 3 is 2.57 bits per heavy atom. The second-order valence-electron chi connectivity index (χ2n) is 6.22. The fraction of sp³-hybridized carbons (Fsp3) is 0.765. The maximum atomic E-state index is 9.51. The summed E-state index contributed by atoms with van der Waals surface area (Å²) in [6.07, 6.45) is 7.18. The molecule has 1 saturated carbocycles. The summed E-state index contributed by atoms with van der Waals surface area (Å²) < 4.78 is 5.88. The molecule has 2 atom stereocenters. The third-order valence-electron chi connectivity index (χ3n) is 4.69. The van der Waals surface area contributed by atoms with Crippen molar-refractivity contribution in [2.24, 2.45) is 5.73 Å². The van der Waals surface area contributed by atoms with Gasteiger partial charge in [-0.1, -0.05) is 26.2 Å². The van der Waals surface area contributed by atoms with Gasteiger partial charge in [0.25, 0.3) is 0 Å². The van der Waals surface area contributed by atoms with Crippen molar-refractivity contribution in [2.75, 3.05) is 13.2 Å².